The summed E-state index contributed by atoms with van der Waals surface area (Å²) in [6.45, 7) is 0. The summed E-state index contributed by atoms with van der Waals surface area (Å²) in [6.07, 6.45) is 0. The molecule has 1 fully saturated rings. The van der Waals surface area contributed by atoms with Crippen LogP contribution in [0.2, 0.25) is 0 Å². The third-order valence-electron chi connectivity index (χ3n) is 4.30. The molecular weight excluding hydrogens is 388 g/mol. The maximum Gasteiger partial charge on any atom is 0.301 e. The number of hydrogen-bond donors (Lipinski definition) is 1. The average Bonchev–Trinajstić information content (AvgIpc) is 3.30. The standard InChI is InChI=1S/C19H11F2N3O3S/c20-12-5-1-10(2-6-12)15-14(16(25)11-3-7-13(21)8-4-11)17(26)18(27)24(15)19-23-22-9-28-19/h1-9,15,25H/b16-14+. The fraction of sp³-hybridized carbons (Fsp3) is 0.0526. The lowest BCUT2D eigenvalue weighted by molar-refractivity contribution is -0.132. The minimum atomic E-state index is -1.03. The Morgan fingerprint density at radius 1 is 1.00 bits per heavy atom. The molecule has 3 aromatic rings. The number of aromatic nitrogens is 2. The monoisotopic (exact) mass is 399 g/mol. The number of aliphatic hydroxyl groups excluding tert-OH is 1. The number of amides is 1. The minimum absolute atomic E-state index is 0.162. The maximum absolute atomic E-state index is 13.4. The Labute approximate surface area is 161 Å². The van der Waals surface area contributed by atoms with Crippen molar-refractivity contribution in [1.29, 1.82) is 0 Å². The summed E-state index contributed by atoms with van der Waals surface area (Å²) in [4.78, 5) is 26.5. The fourth-order valence-corrected chi connectivity index (χ4v) is 3.61. The lowest BCUT2D eigenvalue weighted by Gasteiger charge is -2.22. The van der Waals surface area contributed by atoms with Gasteiger partial charge in [-0.3, -0.25) is 14.5 Å². The van der Waals surface area contributed by atoms with Gasteiger partial charge in [-0.2, -0.15) is 0 Å². The largest absolute Gasteiger partial charge is 0.507 e. The molecule has 1 amide bonds. The van der Waals surface area contributed by atoms with Crippen LogP contribution in [0.4, 0.5) is 13.9 Å². The summed E-state index contributed by atoms with van der Waals surface area (Å²) in [6, 6.07) is 9.02. The minimum Gasteiger partial charge on any atom is -0.507 e. The number of carbonyl (C=O) groups is 2. The Balaban J connectivity index is 1.93. The van der Waals surface area contributed by atoms with Crippen molar-refractivity contribution < 1.29 is 23.5 Å². The van der Waals surface area contributed by atoms with Gasteiger partial charge in [0.05, 0.1) is 11.6 Å². The molecule has 0 spiro atoms. The summed E-state index contributed by atoms with van der Waals surface area (Å²) >= 11 is 1.04. The first-order chi connectivity index (χ1) is 13.5. The molecule has 0 saturated carbocycles. The molecule has 1 aromatic heterocycles. The lowest BCUT2D eigenvalue weighted by Crippen LogP contribution is -2.29. The molecule has 140 valence electrons. The lowest BCUT2D eigenvalue weighted by atomic mass is 9.95. The zero-order chi connectivity index (χ0) is 19.8. The highest BCUT2D eigenvalue weighted by Crippen LogP contribution is 2.42. The van der Waals surface area contributed by atoms with Gasteiger partial charge in [-0.25, -0.2) is 8.78 Å². The Hall–Kier alpha value is -3.46. The normalized spacial score (nSPS) is 18.6. The van der Waals surface area contributed by atoms with Gasteiger partial charge in [0.25, 0.3) is 5.78 Å². The summed E-state index contributed by atoms with van der Waals surface area (Å²) in [7, 11) is 0. The van der Waals surface area contributed by atoms with E-state index in [0.29, 0.717) is 5.56 Å². The van der Waals surface area contributed by atoms with E-state index >= 15 is 0 Å². The molecule has 1 unspecified atom stereocenters. The number of ketones is 1. The maximum atomic E-state index is 13.4. The molecule has 2 aromatic carbocycles. The van der Waals surface area contributed by atoms with Crippen LogP contribution < -0.4 is 4.90 Å². The number of carbonyl (C=O) groups excluding carboxylic acids is 2. The number of halogens is 2. The van der Waals surface area contributed by atoms with Crippen LogP contribution in [0.15, 0.2) is 59.6 Å². The summed E-state index contributed by atoms with van der Waals surface area (Å²) in [5.41, 5.74) is 1.78. The van der Waals surface area contributed by atoms with E-state index in [4.69, 9.17) is 0 Å². The molecule has 4 rings (SSSR count). The first kappa shape index (κ1) is 17.9. The molecule has 6 nitrogen and oxygen atoms in total. The van der Waals surface area contributed by atoms with Crippen molar-refractivity contribution in [3.63, 3.8) is 0 Å². The first-order valence-electron chi connectivity index (χ1n) is 8.06. The van der Waals surface area contributed by atoms with E-state index in [9.17, 15) is 23.5 Å². The molecule has 0 radical (unpaired) electrons. The van der Waals surface area contributed by atoms with Crippen LogP contribution in [0.1, 0.15) is 17.2 Å². The number of aliphatic hydroxyl groups is 1. The molecule has 1 aliphatic heterocycles. The zero-order valence-corrected chi connectivity index (χ0v) is 14.9. The van der Waals surface area contributed by atoms with Gasteiger partial charge in [0.1, 0.15) is 22.9 Å². The van der Waals surface area contributed by atoms with E-state index in [0.717, 1.165) is 28.4 Å². The van der Waals surface area contributed by atoms with Gasteiger partial charge in [0.2, 0.25) is 5.13 Å². The van der Waals surface area contributed by atoms with Gasteiger partial charge >= 0.3 is 5.91 Å². The zero-order valence-electron chi connectivity index (χ0n) is 14.0. The molecule has 28 heavy (non-hydrogen) atoms. The number of anilines is 1. The van der Waals surface area contributed by atoms with Crippen molar-refractivity contribution in [3.8, 4) is 0 Å². The van der Waals surface area contributed by atoms with E-state index in [2.05, 4.69) is 10.2 Å². The molecule has 1 N–H and O–H groups in total. The van der Waals surface area contributed by atoms with Crippen LogP contribution in [0.3, 0.4) is 0 Å². The van der Waals surface area contributed by atoms with Gasteiger partial charge < -0.3 is 5.11 Å². The first-order valence-corrected chi connectivity index (χ1v) is 8.94. The number of benzene rings is 2. The number of nitrogens with zero attached hydrogens (tertiary/aromatic N) is 3. The highest BCUT2D eigenvalue weighted by atomic mass is 32.1. The van der Waals surface area contributed by atoms with Gasteiger partial charge in [-0.05, 0) is 42.0 Å². The van der Waals surface area contributed by atoms with Crippen molar-refractivity contribution in [1.82, 2.24) is 10.2 Å². The number of Topliss-reactive ketones (excluding diaryl/α,β-unsaturated/α-hetero) is 1. The summed E-state index contributed by atoms with van der Waals surface area (Å²) in [5.74, 6) is -3.28. The van der Waals surface area contributed by atoms with E-state index in [1.165, 1.54) is 41.9 Å². The van der Waals surface area contributed by atoms with Crippen molar-refractivity contribution in [2.24, 2.45) is 0 Å². The van der Waals surface area contributed by atoms with Crippen LogP contribution >= 0.6 is 11.3 Å². The van der Waals surface area contributed by atoms with Gasteiger partial charge in [-0.15, -0.1) is 10.2 Å². The second kappa shape index (κ2) is 6.93. The van der Waals surface area contributed by atoms with Crippen molar-refractivity contribution >= 4 is 33.9 Å². The van der Waals surface area contributed by atoms with Gasteiger partial charge in [0, 0.05) is 5.56 Å². The Morgan fingerprint density at radius 3 is 2.18 bits per heavy atom. The second-order valence-electron chi connectivity index (χ2n) is 5.95. The molecule has 1 saturated heterocycles. The predicted octanol–water partition coefficient (Wildman–Crippen LogP) is 3.44. The van der Waals surface area contributed by atoms with E-state index in [-0.39, 0.29) is 16.3 Å². The van der Waals surface area contributed by atoms with E-state index < -0.39 is 35.1 Å². The van der Waals surface area contributed by atoms with Gasteiger partial charge in [0.15, 0.2) is 0 Å². The van der Waals surface area contributed by atoms with Crippen LogP contribution in [-0.4, -0.2) is 27.0 Å². The van der Waals surface area contributed by atoms with Crippen LogP contribution in [-0.2, 0) is 9.59 Å². The molecule has 9 heteroatoms. The molecule has 2 heterocycles. The number of hydrogen-bond acceptors (Lipinski definition) is 6. The molecule has 0 aliphatic carbocycles. The predicted molar refractivity (Wildman–Crippen MR) is 97.5 cm³/mol. The topological polar surface area (TPSA) is 83.4 Å². The third kappa shape index (κ3) is 2.95. The SMILES string of the molecule is O=C1C(=O)N(c2nncs2)C(c2ccc(F)cc2)/C1=C(\O)c1ccc(F)cc1. The highest BCUT2D eigenvalue weighted by molar-refractivity contribution is 7.13. The molecular formula is C19H11F2N3O3S. The Bertz CT molecular complexity index is 1080. The highest BCUT2D eigenvalue weighted by Gasteiger charge is 2.48. The quantitative estimate of drug-likeness (QED) is 0.414. The Morgan fingerprint density at radius 2 is 1.61 bits per heavy atom. The van der Waals surface area contributed by atoms with Crippen molar-refractivity contribution in [3.05, 3.63) is 82.4 Å². The smallest absolute Gasteiger partial charge is 0.301 e. The fourth-order valence-electron chi connectivity index (χ4n) is 3.03. The summed E-state index contributed by atoms with van der Waals surface area (Å²) < 4.78 is 26.6. The van der Waals surface area contributed by atoms with E-state index in [1.54, 1.807) is 0 Å². The van der Waals surface area contributed by atoms with E-state index in [1.807, 2.05) is 0 Å². The molecule has 1 atom stereocenters. The van der Waals surface area contributed by atoms with Crippen LogP contribution in [0.25, 0.3) is 5.76 Å². The Kier molecular flexibility index (Phi) is 4.44. The molecule has 0 bridgehead atoms. The van der Waals surface area contributed by atoms with Crippen molar-refractivity contribution in [2.75, 3.05) is 4.90 Å². The van der Waals surface area contributed by atoms with Gasteiger partial charge in [-0.1, -0.05) is 23.5 Å². The third-order valence-corrected chi connectivity index (χ3v) is 4.99. The number of rotatable bonds is 3. The second-order valence-corrected chi connectivity index (χ2v) is 6.76. The summed E-state index contributed by atoms with van der Waals surface area (Å²) in [5, 5.41) is 18.5. The average molecular weight is 399 g/mol. The van der Waals surface area contributed by atoms with Crippen molar-refractivity contribution in [2.45, 2.75) is 6.04 Å². The van der Waals surface area contributed by atoms with Crippen LogP contribution in [0.5, 0.6) is 0 Å². The molecule has 1 aliphatic rings. The van der Waals surface area contributed by atoms with Crippen LogP contribution in [0, 0.1) is 11.6 Å².